The molecule has 1 aromatic carbocycles. The summed E-state index contributed by atoms with van der Waals surface area (Å²) in [5.41, 5.74) is -0.0143. The van der Waals surface area contributed by atoms with Crippen LogP contribution in [-0.2, 0) is 19.6 Å². The molecule has 6 nitrogen and oxygen atoms in total. The molecule has 2 N–H and O–H groups in total. The molecule has 0 spiro atoms. The molecule has 1 saturated heterocycles. The predicted octanol–water partition coefficient (Wildman–Crippen LogP) is 1.63. The number of benzene rings is 1. The van der Waals surface area contributed by atoms with Crippen molar-refractivity contribution in [1.82, 2.24) is 0 Å². The van der Waals surface area contributed by atoms with Gasteiger partial charge in [-0.25, -0.2) is 0 Å². The Kier molecular flexibility index (Phi) is 7.24. The molecule has 1 aliphatic rings. The highest BCUT2D eigenvalue weighted by atomic mass is 35.5. The van der Waals surface area contributed by atoms with Crippen LogP contribution in [0.4, 0.5) is 0 Å². The Hall–Kier alpha value is -0.700. The summed E-state index contributed by atoms with van der Waals surface area (Å²) in [6.07, 6.45) is -0.284. The maximum absolute atomic E-state index is 10.5. The van der Waals surface area contributed by atoms with Crippen LogP contribution in [0.25, 0.3) is 0 Å². The Morgan fingerprint density at radius 2 is 1.91 bits per heavy atom. The number of aryl methyl sites for hydroxylation is 1. The van der Waals surface area contributed by atoms with Gasteiger partial charge in [0.25, 0.3) is 10.1 Å². The van der Waals surface area contributed by atoms with Crippen LogP contribution in [0.1, 0.15) is 12.5 Å². The second-order valence-electron chi connectivity index (χ2n) is 5.21. The van der Waals surface area contributed by atoms with Crippen LogP contribution in [0.15, 0.2) is 29.2 Å². The summed E-state index contributed by atoms with van der Waals surface area (Å²) in [5.74, 6) is 0.168. The number of rotatable bonds is 3. The molecule has 0 aromatic heterocycles. The first-order valence-electron chi connectivity index (χ1n) is 6.68. The number of ether oxygens (including phenoxy) is 2. The highest BCUT2D eigenvalue weighted by molar-refractivity contribution is 7.85. The fraction of sp³-hybridized carbons (Fsp3) is 0.571. The van der Waals surface area contributed by atoms with Gasteiger partial charge >= 0.3 is 0 Å². The van der Waals surface area contributed by atoms with Crippen molar-refractivity contribution in [2.24, 2.45) is 0 Å². The van der Waals surface area contributed by atoms with Gasteiger partial charge in [-0.2, -0.15) is 8.42 Å². The lowest BCUT2D eigenvalue weighted by Gasteiger charge is -2.33. The monoisotopic (exact) mass is 352 g/mol. The van der Waals surface area contributed by atoms with Crippen LogP contribution in [0.3, 0.4) is 0 Å². The Morgan fingerprint density at radius 1 is 1.32 bits per heavy atom. The molecule has 1 heterocycles. The molecule has 126 valence electrons. The average Bonchev–Trinajstić information content (AvgIpc) is 2.48. The fourth-order valence-corrected chi connectivity index (χ4v) is 2.30. The third-order valence-corrected chi connectivity index (χ3v) is 4.51. The van der Waals surface area contributed by atoms with Gasteiger partial charge in [0, 0.05) is 0 Å². The largest absolute Gasteiger partial charge is 0.386 e. The van der Waals surface area contributed by atoms with E-state index in [0.717, 1.165) is 5.56 Å². The smallest absolute Gasteiger partial charge is 0.294 e. The minimum atomic E-state index is -4.02. The average molecular weight is 353 g/mol. The Morgan fingerprint density at radius 3 is 2.32 bits per heavy atom. The zero-order valence-electron chi connectivity index (χ0n) is 12.5. The van der Waals surface area contributed by atoms with E-state index < -0.39 is 15.7 Å². The molecule has 0 amide bonds. The summed E-state index contributed by atoms with van der Waals surface area (Å²) < 4.78 is 40.0. The third kappa shape index (κ3) is 6.20. The molecule has 2 atom stereocenters. The molecule has 2 rings (SSSR count). The van der Waals surface area contributed by atoms with Crippen LogP contribution in [-0.4, -0.2) is 55.5 Å². The van der Waals surface area contributed by atoms with E-state index in [9.17, 15) is 13.5 Å². The second kappa shape index (κ2) is 8.24. The van der Waals surface area contributed by atoms with Gasteiger partial charge in [0.15, 0.2) is 0 Å². The normalized spacial score (nSPS) is 21.4. The van der Waals surface area contributed by atoms with Crippen LogP contribution >= 0.6 is 11.6 Å². The van der Waals surface area contributed by atoms with Crippen molar-refractivity contribution in [3.63, 3.8) is 0 Å². The molecular weight excluding hydrogens is 332 g/mol. The van der Waals surface area contributed by atoms with Gasteiger partial charge in [-0.05, 0) is 26.0 Å². The van der Waals surface area contributed by atoms with E-state index in [4.69, 9.17) is 25.6 Å². The van der Waals surface area contributed by atoms with Gasteiger partial charge in [0.1, 0.15) is 11.7 Å². The summed E-state index contributed by atoms with van der Waals surface area (Å²) in [6, 6.07) is 5.99. The van der Waals surface area contributed by atoms with Crippen LogP contribution in [0.2, 0.25) is 0 Å². The molecule has 1 fully saturated rings. The number of hydrogen-bond donors (Lipinski definition) is 2. The maximum Gasteiger partial charge on any atom is 0.294 e. The predicted molar refractivity (Wildman–Crippen MR) is 82.9 cm³/mol. The molecule has 8 heteroatoms. The quantitative estimate of drug-likeness (QED) is 0.634. The number of halogens is 1. The van der Waals surface area contributed by atoms with E-state index in [1.54, 1.807) is 19.1 Å². The summed E-state index contributed by atoms with van der Waals surface area (Å²) in [4.78, 5) is -0.0666. The Labute approximate surface area is 135 Å². The van der Waals surface area contributed by atoms with Crippen molar-refractivity contribution in [2.75, 3.05) is 25.7 Å². The van der Waals surface area contributed by atoms with Gasteiger partial charge in [0.05, 0.1) is 30.6 Å². The summed E-state index contributed by atoms with van der Waals surface area (Å²) in [5, 5.41) is 9.61. The standard InChI is InChI=1S/C7H13ClO3.C7H8O3S/c1-7(9,5-8)6-4-10-2-3-11-6;1-6-2-4-7(5-3-6)11(8,9)10/h6,9H,2-5H2,1H3;2-5H,1H3,(H,8,9,10)/t6?,7-;/m1./s1. The molecule has 22 heavy (non-hydrogen) atoms. The van der Waals surface area contributed by atoms with Crippen molar-refractivity contribution in [3.05, 3.63) is 29.8 Å². The van der Waals surface area contributed by atoms with Gasteiger partial charge in [-0.15, -0.1) is 11.6 Å². The van der Waals surface area contributed by atoms with E-state index in [2.05, 4.69) is 0 Å². The van der Waals surface area contributed by atoms with E-state index in [1.807, 2.05) is 6.92 Å². The first-order valence-corrected chi connectivity index (χ1v) is 8.66. The highest BCUT2D eigenvalue weighted by Gasteiger charge is 2.33. The molecule has 1 aliphatic heterocycles. The zero-order chi connectivity index (χ0) is 16.8. The van der Waals surface area contributed by atoms with Crippen molar-refractivity contribution >= 4 is 21.7 Å². The summed E-state index contributed by atoms with van der Waals surface area (Å²) in [6.45, 7) is 5.07. The summed E-state index contributed by atoms with van der Waals surface area (Å²) >= 11 is 5.54. The van der Waals surface area contributed by atoms with Crippen LogP contribution in [0, 0.1) is 6.92 Å². The van der Waals surface area contributed by atoms with Crippen LogP contribution in [0.5, 0.6) is 0 Å². The van der Waals surface area contributed by atoms with Gasteiger partial charge in [-0.1, -0.05) is 17.7 Å². The molecule has 1 aromatic rings. The SMILES string of the molecule is C[C@@](O)(CCl)C1COCCO1.Cc1ccc(S(=O)(=O)O)cc1. The first-order chi connectivity index (χ1) is 10.2. The topological polar surface area (TPSA) is 93.1 Å². The zero-order valence-corrected chi connectivity index (χ0v) is 14.1. The fourth-order valence-electron chi connectivity index (χ4n) is 1.64. The van der Waals surface area contributed by atoms with Crippen LogP contribution < -0.4 is 0 Å². The molecule has 1 unspecified atom stereocenters. The minimum absolute atomic E-state index is 0.0666. The number of hydrogen-bond acceptors (Lipinski definition) is 5. The van der Waals surface area contributed by atoms with Crippen molar-refractivity contribution in [1.29, 1.82) is 0 Å². The molecule has 0 radical (unpaired) electrons. The first kappa shape index (κ1) is 19.3. The Bertz CT molecular complexity index is 549. The van der Waals surface area contributed by atoms with Gasteiger partial charge in [0.2, 0.25) is 0 Å². The molecule has 0 aliphatic carbocycles. The lowest BCUT2D eigenvalue weighted by molar-refractivity contribution is -0.160. The van der Waals surface area contributed by atoms with E-state index >= 15 is 0 Å². The third-order valence-electron chi connectivity index (χ3n) is 3.10. The van der Waals surface area contributed by atoms with Crippen molar-refractivity contribution in [3.8, 4) is 0 Å². The number of alkyl halides is 1. The highest BCUT2D eigenvalue weighted by Crippen LogP contribution is 2.17. The van der Waals surface area contributed by atoms with E-state index in [1.165, 1.54) is 12.1 Å². The van der Waals surface area contributed by atoms with Crippen molar-refractivity contribution in [2.45, 2.75) is 30.4 Å². The van der Waals surface area contributed by atoms with E-state index in [0.29, 0.717) is 19.8 Å². The van der Waals surface area contributed by atoms with Crippen molar-refractivity contribution < 1.29 is 27.6 Å². The van der Waals surface area contributed by atoms with E-state index in [-0.39, 0.29) is 16.9 Å². The molecule has 0 saturated carbocycles. The van der Waals surface area contributed by atoms with Gasteiger partial charge < -0.3 is 14.6 Å². The number of aliphatic hydroxyl groups is 1. The summed E-state index contributed by atoms with van der Waals surface area (Å²) in [7, 11) is -4.02. The molecule has 0 bridgehead atoms. The minimum Gasteiger partial charge on any atom is -0.386 e. The lowest BCUT2D eigenvalue weighted by atomic mass is 10.0. The lowest BCUT2D eigenvalue weighted by Crippen LogP contribution is -2.48. The van der Waals surface area contributed by atoms with Gasteiger partial charge in [-0.3, -0.25) is 4.55 Å². The Balaban J connectivity index is 0.000000220. The molecular formula is C14H21ClO6S. The maximum atomic E-state index is 10.5. The second-order valence-corrected chi connectivity index (χ2v) is 6.90.